The Balaban J connectivity index is 0.000000214. The van der Waals surface area contributed by atoms with Crippen molar-refractivity contribution >= 4 is 44.6 Å². The predicted octanol–water partition coefficient (Wildman–Crippen LogP) is 11.3. The van der Waals surface area contributed by atoms with Crippen LogP contribution in [0.15, 0.2) is 76.8 Å². The number of fused-ring (bicyclic) bond motifs is 2. The molecule has 0 saturated heterocycles. The number of rotatable bonds is 20. The minimum atomic E-state index is -0.830. The number of benzene rings is 4. The maximum atomic E-state index is 15.6. The van der Waals surface area contributed by atoms with Crippen LogP contribution in [-0.2, 0) is 0 Å². The third-order valence-corrected chi connectivity index (χ3v) is 13.9. The maximum Gasteiger partial charge on any atom is 0.261 e. The van der Waals surface area contributed by atoms with Crippen LogP contribution in [0.25, 0.3) is 21.8 Å². The summed E-state index contributed by atoms with van der Waals surface area (Å²) >= 11 is 0. The second-order valence-corrected chi connectivity index (χ2v) is 19.5. The molecule has 0 radical (unpaired) electrons. The monoisotopic (exact) mass is 1010 g/mol. The zero-order chi connectivity index (χ0) is 52.2. The molecular formula is C56H73F3N8O6. The van der Waals surface area contributed by atoms with Crippen molar-refractivity contribution in [3.63, 3.8) is 0 Å². The lowest BCUT2D eigenvalue weighted by Gasteiger charge is -2.28. The van der Waals surface area contributed by atoms with E-state index in [2.05, 4.69) is 34.4 Å². The zero-order valence-electron chi connectivity index (χ0n) is 43.7. The summed E-state index contributed by atoms with van der Waals surface area (Å²) in [4.78, 5) is 39.6. The van der Waals surface area contributed by atoms with E-state index in [1.165, 1.54) is 46.3 Å². The predicted molar refractivity (Wildman–Crippen MR) is 285 cm³/mol. The van der Waals surface area contributed by atoms with Gasteiger partial charge in [-0.15, -0.1) is 0 Å². The minimum absolute atomic E-state index is 0.0427. The van der Waals surface area contributed by atoms with E-state index in [0.717, 1.165) is 70.0 Å². The molecule has 0 spiro atoms. The summed E-state index contributed by atoms with van der Waals surface area (Å²) in [7, 11) is 5.63. The maximum absolute atomic E-state index is 15.6. The first-order valence-corrected chi connectivity index (χ1v) is 25.8. The summed E-state index contributed by atoms with van der Waals surface area (Å²) in [5.41, 5.74) is 2.28. The molecule has 2 fully saturated rings. The fourth-order valence-corrected chi connectivity index (χ4v) is 9.97. The molecule has 2 aliphatic rings. The fraction of sp³-hybridized carbons (Fsp3) is 0.500. The minimum Gasteiger partial charge on any atom is -0.497 e. The molecule has 6 aromatic rings. The Hall–Kier alpha value is -6.33. The molecule has 2 aliphatic carbocycles. The third-order valence-electron chi connectivity index (χ3n) is 13.9. The number of hydrogen-bond acceptors (Lipinski definition) is 12. The standard InChI is InChI=1S/C28H36F2N4O3.C28H37FN4O3/c1-18(2)31-13-8-14-33(27-25(29)23(36-3)16-24(37-4)26(27)30)20-11-12-22-21(15-20)28(35)34(17-32-22)19-9-6-5-7-10-19;1-19(2)30-13-8-14-32(25-16-22(35-3)17-26(36-4)27(25)29)21-11-12-24-23(15-21)28(34)33(18-31-24)20-9-6-5-7-10-20/h11-12,15-19,31H,5-10,13-14H2,1-4H3;11-12,15-20,30H,5-10,13-14H2,1-4H3. The molecule has 2 saturated carbocycles. The smallest absolute Gasteiger partial charge is 0.261 e. The molecule has 394 valence electrons. The van der Waals surface area contributed by atoms with Crippen LogP contribution in [0.2, 0.25) is 0 Å². The van der Waals surface area contributed by atoms with Gasteiger partial charge in [-0.1, -0.05) is 66.2 Å². The number of nitrogens with zero attached hydrogens (tertiary/aromatic N) is 6. The second-order valence-electron chi connectivity index (χ2n) is 19.5. The molecular weight excluding hydrogens is 938 g/mol. The van der Waals surface area contributed by atoms with Crippen molar-refractivity contribution in [3.05, 3.63) is 105 Å². The van der Waals surface area contributed by atoms with Crippen molar-refractivity contribution in [3.8, 4) is 23.0 Å². The van der Waals surface area contributed by atoms with Crippen LogP contribution in [0.5, 0.6) is 23.0 Å². The molecule has 0 unspecified atom stereocenters. The molecule has 0 amide bonds. The van der Waals surface area contributed by atoms with E-state index in [1.54, 1.807) is 58.1 Å². The van der Waals surface area contributed by atoms with Gasteiger partial charge in [0, 0.05) is 66.8 Å². The van der Waals surface area contributed by atoms with Crippen LogP contribution in [0.4, 0.5) is 35.9 Å². The van der Waals surface area contributed by atoms with Gasteiger partial charge < -0.3 is 39.4 Å². The normalized spacial score (nSPS) is 14.4. The van der Waals surface area contributed by atoms with Gasteiger partial charge in [0.25, 0.3) is 11.1 Å². The van der Waals surface area contributed by atoms with E-state index >= 15 is 13.2 Å². The van der Waals surface area contributed by atoms with E-state index in [1.807, 2.05) is 36.9 Å². The van der Waals surface area contributed by atoms with Crippen molar-refractivity contribution in [1.82, 2.24) is 29.7 Å². The lowest BCUT2D eigenvalue weighted by atomic mass is 9.95. The Bertz CT molecular complexity index is 2890. The van der Waals surface area contributed by atoms with Gasteiger partial charge in [0.2, 0.25) is 0 Å². The van der Waals surface area contributed by atoms with Gasteiger partial charge in [-0.2, -0.15) is 0 Å². The Kier molecular flexibility index (Phi) is 19.1. The Labute approximate surface area is 426 Å². The highest BCUT2D eigenvalue weighted by atomic mass is 19.1. The van der Waals surface area contributed by atoms with Crippen LogP contribution < -0.4 is 50.5 Å². The summed E-state index contributed by atoms with van der Waals surface area (Å²) in [6.45, 7) is 10.5. The van der Waals surface area contributed by atoms with Gasteiger partial charge in [0.1, 0.15) is 11.4 Å². The van der Waals surface area contributed by atoms with E-state index < -0.39 is 17.5 Å². The molecule has 14 nitrogen and oxygen atoms in total. The van der Waals surface area contributed by atoms with Gasteiger partial charge in [-0.25, -0.2) is 23.1 Å². The highest BCUT2D eigenvalue weighted by Gasteiger charge is 2.28. The molecule has 0 bridgehead atoms. The van der Waals surface area contributed by atoms with Crippen LogP contribution in [0.3, 0.4) is 0 Å². The van der Waals surface area contributed by atoms with E-state index in [4.69, 9.17) is 18.9 Å². The van der Waals surface area contributed by atoms with Crippen molar-refractivity contribution < 1.29 is 32.1 Å². The van der Waals surface area contributed by atoms with Gasteiger partial charge in [-0.3, -0.25) is 18.7 Å². The molecule has 4 aromatic carbocycles. The number of anilines is 4. The first-order valence-electron chi connectivity index (χ1n) is 25.8. The summed E-state index contributed by atoms with van der Waals surface area (Å²) in [5.74, 6) is -1.78. The molecule has 2 N–H and O–H groups in total. The molecule has 8 rings (SSSR count). The Morgan fingerprint density at radius 1 is 0.575 bits per heavy atom. The number of aromatic nitrogens is 4. The van der Waals surface area contributed by atoms with Crippen LogP contribution >= 0.6 is 0 Å². The lowest BCUT2D eigenvalue weighted by molar-refractivity contribution is 0.345. The van der Waals surface area contributed by atoms with Gasteiger partial charge >= 0.3 is 0 Å². The second kappa shape index (κ2) is 25.6. The van der Waals surface area contributed by atoms with Gasteiger partial charge in [0.05, 0.1) is 68.6 Å². The highest BCUT2D eigenvalue weighted by molar-refractivity contribution is 5.85. The molecule has 2 heterocycles. The van der Waals surface area contributed by atoms with E-state index in [0.29, 0.717) is 71.0 Å². The SMILES string of the molecule is COc1cc(OC)c(F)c(N(CCCNC(C)C)c2ccc3ncn(C4CCCCC4)c(=O)c3c2)c1.COc1cc(OC)c(F)c(N(CCCNC(C)C)c2ccc3ncn(C4CCCCC4)c(=O)c3c2)c1F. The Morgan fingerprint density at radius 3 is 1.45 bits per heavy atom. The van der Waals surface area contributed by atoms with E-state index in [9.17, 15) is 9.59 Å². The van der Waals surface area contributed by atoms with Crippen molar-refractivity contribution in [2.45, 2.75) is 129 Å². The van der Waals surface area contributed by atoms with Crippen molar-refractivity contribution in [2.24, 2.45) is 0 Å². The average Bonchev–Trinajstić information content (AvgIpc) is 3.40. The summed E-state index contributed by atoms with van der Waals surface area (Å²) in [6, 6.07) is 16.1. The van der Waals surface area contributed by atoms with Crippen LogP contribution in [0.1, 0.15) is 117 Å². The van der Waals surface area contributed by atoms with Crippen molar-refractivity contribution in [1.29, 1.82) is 0 Å². The fourth-order valence-electron chi connectivity index (χ4n) is 9.97. The number of nitrogens with one attached hydrogen (secondary N) is 2. The summed E-state index contributed by atoms with van der Waals surface area (Å²) in [6.07, 6.45) is 15.4. The molecule has 17 heteroatoms. The third kappa shape index (κ3) is 12.9. The van der Waals surface area contributed by atoms with Gasteiger partial charge in [0.15, 0.2) is 34.7 Å². The van der Waals surface area contributed by atoms with Crippen LogP contribution in [-0.4, -0.2) is 85.8 Å². The molecule has 73 heavy (non-hydrogen) atoms. The number of halogens is 3. The topological polar surface area (TPSA) is 137 Å². The van der Waals surface area contributed by atoms with Crippen molar-refractivity contribution in [2.75, 3.05) is 64.4 Å². The lowest BCUT2D eigenvalue weighted by Crippen LogP contribution is -2.29. The largest absolute Gasteiger partial charge is 0.497 e. The Morgan fingerprint density at radius 2 is 1.01 bits per heavy atom. The van der Waals surface area contributed by atoms with Gasteiger partial charge in [-0.05, 0) is 88.0 Å². The highest BCUT2D eigenvalue weighted by Crippen LogP contribution is 2.41. The van der Waals surface area contributed by atoms with E-state index in [-0.39, 0.29) is 52.2 Å². The first-order chi connectivity index (χ1) is 35.3. The summed E-state index contributed by atoms with van der Waals surface area (Å²) < 4.78 is 71.2. The molecule has 0 atom stereocenters. The van der Waals surface area contributed by atoms with Crippen LogP contribution in [0, 0.1) is 17.5 Å². The summed E-state index contributed by atoms with van der Waals surface area (Å²) in [5, 5.41) is 7.71. The molecule has 0 aliphatic heterocycles. The zero-order valence-corrected chi connectivity index (χ0v) is 43.7. The number of hydrogen-bond donors (Lipinski definition) is 2. The number of methoxy groups -OCH3 is 4. The average molecular weight is 1010 g/mol. The quantitative estimate of drug-likeness (QED) is 0.0704. The number of ether oxygens (including phenoxy) is 4. The first kappa shape index (κ1) is 54.4. The molecule has 2 aromatic heterocycles.